The van der Waals surface area contributed by atoms with Crippen molar-refractivity contribution in [3.63, 3.8) is 0 Å². The summed E-state index contributed by atoms with van der Waals surface area (Å²) < 4.78 is 25.9. The average Bonchev–Trinajstić information content (AvgIpc) is 2.79. The van der Waals surface area contributed by atoms with Crippen LogP contribution in [0.4, 0.5) is 10.1 Å². The van der Waals surface area contributed by atoms with E-state index in [2.05, 4.69) is 31.8 Å². The molecule has 0 aromatic heterocycles. The molecule has 0 fully saturated rings. The molecule has 0 aliphatic heterocycles. The number of hydrogen-bond acceptors (Lipinski definition) is 5. The quantitative estimate of drug-likeness (QED) is 0.227. The molecule has 0 aliphatic carbocycles. The highest BCUT2D eigenvalue weighted by Crippen LogP contribution is 2.37. The second kappa shape index (κ2) is 12.2. The van der Waals surface area contributed by atoms with E-state index in [1.165, 1.54) is 18.3 Å². The minimum atomic E-state index is -0.954. The number of amides is 2. The number of rotatable bonds is 8. The zero-order valence-electron chi connectivity index (χ0n) is 18.0. The van der Waals surface area contributed by atoms with E-state index in [1.807, 2.05) is 6.92 Å². The van der Waals surface area contributed by atoms with Crippen LogP contribution in [0, 0.1) is 5.82 Å². The second-order valence-corrected chi connectivity index (χ2v) is 8.10. The first-order valence-corrected chi connectivity index (χ1v) is 11.3. The zero-order valence-corrected chi connectivity index (χ0v) is 20.3. The summed E-state index contributed by atoms with van der Waals surface area (Å²) in [6.07, 6.45) is 1.35. The Bertz CT molecular complexity index is 1220. The number of hydrogen-bond donors (Lipinski definition) is 2. The summed E-state index contributed by atoms with van der Waals surface area (Å²) in [7, 11) is 0. The number of anilines is 1. The topological polar surface area (TPSA) is 89.0 Å². The van der Waals surface area contributed by atoms with Crippen LogP contribution < -0.4 is 20.2 Å². The maximum Gasteiger partial charge on any atom is 0.329 e. The van der Waals surface area contributed by atoms with Crippen molar-refractivity contribution in [3.8, 4) is 11.5 Å². The van der Waals surface area contributed by atoms with Crippen molar-refractivity contribution in [1.82, 2.24) is 5.43 Å². The number of nitrogens with one attached hydrogen (secondary N) is 2. The van der Waals surface area contributed by atoms with Crippen molar-refractivity contribution in [2.45, 2.75) is 13.5 Å². The Morgan fingerprint density at radius 2 is 1.88 bits per heavy atom. The van der Waals surface area contributed by atoms with Crippen LogP contribution in [-0.4, -0.2) is 24.6 Å². The van der Waals surface area contributed by atoms with Gasteiger partial charge in [0.25, 0.3) is 0 Å². The predicted octanol–water partition coefficient (Wildman–Crippen LogP) is 5.31. The first kappa shape index (κ1) is 25.2. The Morgan fingerprint density at radius 1 is 1.09 bits per heavy atom. The van der Waals surface area contributed by atoms with Crippen molar-refractivity contribution < 1.29 is 23.5 Å². The van der Waals surface area contributed by atoms with Crippen LogP contribution in [-0.2, 0) is 16.2 Å². The van der Waals surface area contributed by atoms with Crippen molar-refractivity contribution >= 4 is 51.2 Å². The maximum absolute atomic E-state index is 13.9. The number of nitrogens with zero attached hydrogens (tertiary/aromatic N) is 1. The molecule has 0 unspecified atom stereocenters. The Balaban J connectivity index is 1.66. The molecule has 0 saturated carbocycles. The molecule has 10 heteroatoms. The van der Waals surface area contributed by atoms with Gasteiger partial charge in [-0.05, 0) is 64.8 Å². The van der Waals surface area contributed by atoms with E-state index in [9.17, 15) is 14.0 Å². The molecule has 0 bridgehead atoms. The van der Waals surface area contributed by atoms with Gasteiger partial charge < -0.3 is 14.8 Å². The van der Waals surface area contributed by atoms with Crippen molar-refractivity contribution in [1.29, 1.82) is 0 Å². The van der Waals surface area contributed by atoms with Crippen molar-refractivity contribution in [2.24, 2.45) is 5.10 Å². The monoisotopic (exact) mass is 547 g/mol. The molecule has 0 atom stereocenters. The van der Waals surface area contributed by atoms with Gasteiger partial charge in [0.05, 0.1) is 17.3 Å². The first-order chi connectivity index (χ1) is 16.4. The summed E-state index contributed by atoms with van der Waals surface area (Å²) in [5, 5.41) is 6.67. The summed E-state index contributed by atoms with van der Waals surface area (Å²) in [6.45, 7) is 2.19. The highest BCUT2D eigenvalue weighted by molar-refractivity contribution is 9.10. The fraction of sp³-hybridized carbons (Fsp3) is 0.125. The standard InChI is InChI=1S/C24H20BrClFN3O4/c1-2-33-21-11-15(10-19(25)22(21)34-14-16-6-3-4-9-20(16)27)13-28-30-24(32)23(31)29-18-8-5-7-17(26)12-18/h3-13H,2,14H2,1H3,(H,29,31)(H,30,32)/b28-13+. The molecule has 0 radical (unpaired) electrons. The number of benzene rings is 3. The molecule has 0 aliphatic rings. The Morgan fingerprint density at radius 3 is 2.62 bits per heavy atom. The summed E-state index contributed by atoms with van der Waals surface area (Å²) >= 11 is 9.29. The van der Waals surface area contributed by atoms with Gasteiger partial charge in [0.2, 0.25) is 0 Å². The Labute approximate surface area is 209 Å². The van der Waals surface area contributed by atoms with Gasteiger partial charge in [-0.2, -0.15) is 5.10 Å². The molecule has 176 valence electrons. The fourth-order valence-electron chi connectivity index (χ4n) is 2.80. The lowest BCUT2D eigenvalue weighted by atomic mass is 10.2. The fourth-order valence-corrected chi connectivity index (χ4v) is 3.57. The smallest absolute Gasteiger partial charge is 0.329 e. The van der Waals surface area contributed by atoms with E-state index in [1.54, 1.807) is 48.5 Å². The van der Waals surface area contributed by atoms with Crippen LogP contribution in [0.1, 0.15) is 18.1 Å². The van der Waals surface area contributed by atoms with Crippen LogP contribution >= 0.6 is 27.5 Å². The molecular weight excluding hydrogens is 529 g/mol. The van der Waals surface area contributed by atoms with Gasteiger partial charge >= 0.3 is 11.8 Å². The SMILES string of the molecule is CCOc1cc(/C=N/NC(=O)C(=O)Nc2cccc(Cl)c2)cc(Br)c1OCc1ccccc1F. The Kier molecular flexibility index (Phi) is 9.00. The summed E-state index contributed by atoms with van der Waals surface area (Å²) in [4.78, 5) is 24.0. The van der Waals surface area contributed by atoms with Gasteiger partial charge in [0.1, 0.15) is 12.4 Å². The van der Waals surface area contributed by atoms with E-state index >= 15 is 0 Å². The lowest BCUT2D eigenvalue weighted by Gasteiger charge is -2.15. The third kappa shape index (κ3) is 7.03. The molecule has 0 spiro atoms. The number of halogens is 3. The number of ether oxygens (including phenoxy) is 2. The van der Waals surface area contributed by atoms with Gasteiger partial charge in [0, 0.05) is 16.3 Å². The maximum atomic E-state index is 13.9. The molecule has 0 heterocycles. The molecule has 2 N–H and O–H groups in total. The molecule has 3 aromatic rings. The average molecular weight is 549 g/mol. The van der Waals surface area contributed by atoms with Crippen LogP contribution in [0.25, 0.3) is 0 Å². The molecule has 0 saturated heterocycles. The molecule has 7 nitrogen and oxygen atoms in total. The third-order valence-electron chi connectivity index (χ3n) is 4.33. The highest BCUT2D eigenvalue weighted by Gasteiger charge is 2.15. The molecule has 3 aromatic carbocycles. The van der Waals surface area contributed by atoms with Gasteiger partial charge in [-0.25, -0.2) is 9.82 Å². The van der Waals surface area contributed by atoms with Crippen LogP contribution in [0.2, 0.25) is 5.02 Å². The van der Waals surface area contributed by atoms with Crippen molar-refractivity contribution in [3.05, 3.63) is 87.1 Å². The lowest BCUT2D eigenvalue weighted by Crippen LogP contribution is -2.32. The summed E-state index contributed by atoms with van der Waals surface area (Å²) in [6, 6.07) is 16.1. The summed E-state index contributed by atoms with van der Waals surface area (Å²) in [5.74, 6) is -1.42. The molecule has 3 rings (SSSR count). The van der Waals surface area contributed by atoms with E-state index in [-0.39, 0.29) is 12.4 Å². The van der Waals surface area contributed by atoms with Gasteiger partial charge in [-0.3, -0.25) is 9.59 Å². The van der Waals surface area contributed by atoms with Gasteiger partial charge in [0.15, 0.2) is 11.5 Å². The normalized spacial score (nSPS) is 10.7. The highest BCUT2D eigenvalue weighted by atomic mass is 79.9. The minimum absolute atomic E-state index is 0.0105. The van der Waals surface area contributed by atoms with Gasteiger partial charge in [-0.1, -0.05) is 35.9 Å². The number of carbonyl (C=O) groups is 2. The van der Waals surface area contributed by atoms with Gasteiger partial charge in [-0.15, -0.1) is 0 Å². The van der Waals surface area contributed by atoms with E-state index in [0.29, 0.717) is 44.4 Å². The zero-order chi connectivity index (χ0) is 24.5. The third-order valence-corrected chi connectivity index (χ3v) is 5.15. The number of carbonyl (C=O) groups excluding carboxylic acids is 2. The second-order valence-electron chi connectivity index (χ2n) is 6.81. The summed E-state index contributed by atoms with van der Waals surface area (Å²) in [5.41, 5.74) is 3.51. The number of hydrazone groups is 1. The lowest BCUT2D eigenvalue weighted by molar-refractivity contribution is -0.136. The Hall–Kier alpha value is -3.43. The minimum Gasteiger partial charge on any atom is -0.490 e. The van der Waals surface area contributed by atoms with Crippen LogP contribution in [0.3, 0.4) is 0 Å². The first-order valence-electron chi connectivity index (χ1n) is 10.1. The molecular formula is C24H20BrClFN3O4. The van der Waals surface area contributed by atoms with E-state index in [0.717, 1.165) is 0 Å². The van der Waals surface area contributed by atoms with E-state index < -0.39 is 11.8 Å². The van der Waals surface area contributed by atoms with Crippen LogP contribution in [0.15, 0.2) is 70.2 Å². The van der Waals surface area contributed by atoms with Crippen LogP contribution in [0.5, 0.6) is 11.5 Å². The van der Waals surface area contributed by atoms with E-state index in [4.69, 9.17) is 21.1 Å². The largest absolute Gasteiger partial charge is 0.490 e. The molecule has 34 heavy (non-hydrogen) atoms. The predicted molar refractivity (Wildman–Crippen MR) is 132 cm³/mol. The molecule has 2 amide bonds. The van der Waals surface area contributed by atoms with Crippen molar-refractivity contribution in [2.75, 3.05) is 11.9 Å².